The molecule has 3 rings (SSSR count). The summed E-state index contributed by atoms with van der Waals surface area (Å²) in [6.07, 6.45) is 1.86. The Balaban J connectivity index is 1.70. The van der Waals surface area contributed by atoms with Crippen LogP contribution in [0.4, 0.5) is 0 Å². The van der Waals surface area contributed by atoms with E-state index in [1.165, 1.54) is 7.11 Å². The van der Waals surface area contributed by atoms with Crippen molar-refractivity contribution in [3.63, 3.8) is 0 Å². The van der Waals surface area contributed by atoms with Gasteiger partial charge in [0.25, 0.3) is 0 Å². The fraction of sp³-hybridized carbons (Fsp3) is 0.667. The predicted molar refractivity (Wildman–Crippen MR) is 76.2 cm³/mol. The third-order valence-electron chi connectivity index (χ3n) is 4.14. The van der Waals surface area contributed by atoms with E-state index in [1.807, 2.05) is 12.3 Å². The molecule has 0 amide bonds. The van der Waals surface area contributed by atoms with Crippen molar-refractivity contribution in [2.24, 2.45) is 0 Å². The number of morpholine rings is 1. The lowest BCUT2D eigenvalue weighted by atomic mass is 10.0. The van der Waals surface area contributed by atoms with Crippen molar-refractivity contribution in [3.05, 3.63) is 23.5 Å². The molecular weight excluding hydrogens is 272 g/mol. The standard InChI is InChI=1S/C15H22N2O4/c1-15(10-16-3-5-20-6-4-16)11-17-8-12(14(18)19-2)7-13(17)9-21-15/h7-8H,3-6,9-11H2,1-2H3. The molecule has 21 heavy (non-hydrogen) atoms. The first kappa shape index (κ1) is 14.6. The van der Waals surface area contributed by atoms with E-state index in [2.05, 4.69) is 16.4 Å². The lowest BCUT2D eigenvalue weighted by Gasteiger charge is -2.40. The molecule has 6 heteroatoms. The SMILES string of the molecule is COC(=O)c1cc2n(c1)CC(C)(CN1CCOCC1)OC2. The van der Waals surface area contributed by atoms with Gasteiger partial charge < -0.3 is 18.8 Å². The maximum atomic E-state index is 11.6. The lowest BCUT2D eigenvalue weighted by molar-refractivity contribution is -0.103. The number of hydrogen-bond donors (Lipinski definition) is 0. The molecule has 1 unspecified atom stereocenters. The number of rotatable bonds is 3. The van der Waals surface area contributed by atoms with Gasteiger partial charge in [0.15, 0.2) is 0 Å². The van der Waals surface area contributed by atoms with Crippen molar-refractivity contribution in [2.75, 3.05) is 40.0 Å². The fourth-order valence-electron chi connectivity index (χ4n) is 3.03. The number of methoxy groups -OCH3 is 1. The molecule has 1 saturated heterocycles. The van der Waals surface area contributed by atoms with E-state index in [0.717, 1.165) is 45.1 Å². The highest BCUT2D eigenvalue weighted by Crippen LogP contribution is 2.26. The van der Waals surface area contributed by atoms with Crippen molar-refractivity contribution >= 4 is 5.97 Å². The molecule has 0 spiro atoms. The molecule has 0 N–H and O–H groups in total. The number of fused-ring (bicyclic) bond motifs is 1. The Morgan fingerprint density at radius 1 is 1.43 bits per heavy atom. The molecule has 0 aliphatic carbocycles. The molecule has 1 atom stereocenters. The highest BCUT2D eigenvalue weighted by Gasteiger charge is 2.34. The van der Waals surface area contributed by atoms with Gasteiger partial charge in [-0.2, -0.15) is 0 Å². The quantitative estimate of drug-likeness (QED) is 0.775. The molecule has 2 aliphatic rings. The van der Waals surface area contributed by atoms with Gasteiger partial charge in [0.2, 0.25) is 0 Å². The average molecular weight is 294 g/mol. The van der Waals surface area contributed by atoms with Gasteiger partial charge in [-0.1, -0.05) is 0 Å². The fourth-order valence-corrected chi connectivity index (χ4v) is 3.03. The maximum Gasteiger partial charge on any atom is 0.339 e. The predicted octanol–water partition coefficient (Wildman–Crippen LogP) is 0.896. The highest BCUT2D eigenvalue weighted by molar-refractivity contribution is 5.89. The Kier molecular flexibility index (Phi) is 4.01. The molecule has 1 aromatic rings. The van der Waals surface area contributed by atoms with Crippen LogP contribution in [0.3, 0.4) is 0 Å². The molecular formula is C15H22N2O4. The Morgan fingerprint density at radius 3 is 2.90 bits per heavy atom. The van der Waals surface area contributed by atoms with Crippen LogP contribution >= 0.6 is 0 Å². The Hall–Kier alpha value is -1.37. The summed E-state index contributed by atoms with van der Waals surface area (Å²) in [4.78, 5) is 14.0. The zero-order valence-electron chi connectivity index (χ0n) is 12.6. The maximum absolute atomic E-state index is 11.6. The van der Waals surface area contributed by atoms with Crippen LogP contribution < -0.4 is 0 Å². The summed E-state index contributed by atoms with van der Waals surface area (Å²) in [6.45, 7) is 7.75. The topological polar surface area (TPSA) is 52.9 Å². The normalized spacial score (nSPS) is 26.4. The largest absolute Gasteiger partial charge is 0.465 e. The van der Waals surface area contributed by atoms with E-state index in [9.17, 15) is 4.79 Å². The zero-order chi connectivity index (χ0) is 14.9. The molecule has 6 nitrogen and oxygen atoms in total. The van der Waals surface area contributed by atoms with Gasteiger partial charge in [0.1, 0.15) is 0 Å². The first-order valence-electron chi connectivity index (χ1n) is 7.31. The summed E-state index contributed by atoms with van der Waals surface area (Å²) >= 11 is 0. The first-order valence-corrected chi connectivity index (χ1v) is 7.31. The van der Waals surface area contributed by atoms with E-state index in [1.54, 1.807) is 0 Å². The van der Waals surface area contributed by atoms with Crippen LogP contribution in [-0.4, -0.2) is 61.0 Å². The van der Waals surface area contributed by atoms with Crippen LogP contribution in [0.25, 0.3) is 0 Å². The molecule has 0 aromatic carbocycles. The van der Waals surface area contributed by atoms with Crippen LogP contribution in [0, 0.1) is 0 Å². The van der Waals surface area contributed by atoms with Gasteiger partial charge in [0.05, 0.1) is 44.6 Å². The van der Waals surface area contributed by atoms with Crippen molar-refractivity contribution in [1.29, 1.82) is 0 Å². The van der Waals surface area contributed by atoms with Crippen LogP contribution in [0.1, 0.15) is 23.0 Å². The second-order valence-corrected chi connectivity index (χ2v) is 5.97. The molecule has 0 saturated carbocycles. The lowest BCUT2D eigenvalue weighted by Crippen LogP contribution is -2.50. The third kappa shape index (κ3) is 3.12. The minimum Gasteiger partial charge on any atom is -0.465 e. The summed E-state index contributed by atoms with van der Waals surface area (Å²) in [7, 11) is 1.40. The summed E-state index contributed by atoms with van der Waals surface area (Å²) in [6, 6.07) is 1.85. The number of esters is 1. The van der Waals surface area contributed by atoms with Crippen molar-refractivity contribution in [3.8, 4) is 0 Å². The van der Waals surface area contributed by atoms with Crippen LogP contribution in [0.2, 0.25) is 0 Å². The highest BCUT2D eigenvalue weighted by atomic mass is 16.5. The van der Waals surface area contributed by atoms with Crippen molar-refractivity contribution in [1.82, 2.24) is 9.47 Å². The molecule has 1 fully saturated rings. The van der Waals surface area contributed by atoms with Crippen molar-refractivity contribution in [2.45, 2.75) is 25.7 Å². The monoisotopic (exact) mass is 294 g/mol. The molecule has 116 valence electrons. The second kappa shape index (κ2) is 5.79. The number of hydrogen-bond acceptors (Lipinski definition) is 5. The zero-order valence-corrected chi connectivity index (χ0v) is 12.6. The van der Waals surface area contributed by atoms with Gasteiger partial charge >= 0.3 is 5.97 Å². The number of carbonyl (C=O) groups excluding carboxylic acids is 1. The van der Waals surface area contributed by atoms with Gasteiger partial charge in [-0.05, 0) is 13.0 Å². The first-order chi connectivity index (χ1) is 10.1. The van der Waals surface area contributed by atoms with Crippen molar-refractivity contribution < 1.29 is 19.0 Å². The smallest absolute Gasteiger partial charge is 0.339 e. The summed E-state index contributed by atoms with van der Waals surface area (Å²) in [5.41, 5.74) is 1.37. The van der Waals surface area contributed by atoms with Gasteiger partial charge in [-0.25, -0.2) is 4.79 Å². The Labute approximate surface area is 124 Å². The number of nitrogens with zero attached hydrogens (tertiary/aromatic N) is 2. The summed E-state index contributed by atoms with van der Waals surface area (Å²) < 4.78 is 18.3. The molecule has 1 aromatic heterocycles. The second-order valence-electron chi connectivity index (χ2n) is 5.97. The third-order valence-corrected chi connectivity index (χ3v) is 4.14. The average Bonchev–Trinajstić information content (AvgIpc) is 2.89. The van der Waals surface area contributed by atoms with Gasteiger partial charge in [-0.15, -0.1) is 0 Å². The molecule has 0 radical (unpaired) electrons. The van der Waals surface area contributed by atoms with Crippen LogP contribution in [0.5, 0.6) is 0 Å². The number of ether oxygens (including phenoxy) is 3. The van der Waals surface area contributed by atoms with Gasteiger partial charge in [0, 0.05) is 31.5 Å². The van der Waals surface area contributed by atoms with E-state index in [4.69, 9.17) is 14.2 Å². The van der Waals surface area contributed by atoms with Crippen LogP contribution in [-0.2, 0) is 27.4 Å². The Bertz CT molecular complexity index is 522. The number of aromatic nitrogens is 1. The summed E-state index contributed by atoms with van der Waals surface area (Å²) in [5, 5.41) is 0. The molecule has 2 aliphatic heterocycles. The minimum atomic E-state index is -0.299. The van der Waals surface area contributed by atoms with E-state index in [-0.39, 0.29) is 11.6 Å². The number of carbonyl (C=O) groups is 1. The minimum absolute atomic E-state index is 0.239. The molecule has 3 heterocycles. The summed E-state index contributed by atoms with van der Waals surface area (Å²) in [5.74, 6) is -0.299. The van der Waals surface area contributed by atoms with E-state index < -0.39 is 0 Å². The molecule has 0 bridgehead atoms. The van der Waals surface area contributed by atoms with E-state index >= 15 is 0 Å². The Morgan fingerprint density at radius 2 is 2.19 bits per heavy atom. The van der Waals surface area contributed by atoms with E-state index in [0.29, 0.717) is 12.2 Å². The van der Waals surface area contributed by atoms with Gasteiger partial charge in [-0.3, -0.25) is 4.90 Å². The van der Waals surface area contributed by atoms with Crippen LogP contribution in [0.15, 0.2) is 12.3 Å².